The first kappa shape index (κ1) is 9.34. The Balaban J connectivity index is 2.77. The summed E-state index contributed by atoms with van der Waals surface area (Å²) in [5.41, 5.74) is 0.965. The maximum atomic E-state index is 5.84. The van der Waals surface area contributed by atoms with Crippen LogP contribution in [0, 0.1) is 0 Å². The molecule has 2 aromatic rings. The lowest BCUT2D eigenvalue weighted by atomic mass is 10.1. The van der Waals surface area contributed by atoms with Crippen LogP contribution in [-0.4, -0.2) is 15.2 Å². The number of nitrogens with zero attached hydrogens (tertiary/aromatic N) is 3. The first-order chi connectivity index (χ1) is 6.68. The van der Waals surface area contributed by atoms with Crippen molar-refractivity contribution in [3.05, 3.63) is 29.3 Å². The molecule has 72 valence electrons. The van der Waals surface area contributed by atoms with E-state index in [9.17, 15) is 0 Å². The molecule has 0 aliphatic rings. The van der Waals surface area contributed by atoms with Gasteiger partial charge >= 0.3 is 0 Å². The van der Waals surface area contributed by atoms with Crippen LogP contribution >= 0.6 is 11.6 Å². The molecule has 0 bridgehead atoms. The van der Waals surface area contributed by atoms with Gasteiger partial charge in [0, 0.05) is 17.0 Å². The minimum atomic E-state index is 0.338. The maximum absolute atomic E-state index is 5.84. The molecule has 14 heavy (non-hydrogen) atoms. The van der Waals surface area contributed by atoms with E-state index in [0.29, 0.717) is 11.1 Å². The van der Waals surface area contributed by atoms with E-state index >= 15 is 0 Å². The van der Waals surface area contributed by atoms with Crippen molar-refractivity contribution in [2.45, 2.75) is 19.8 Å². The molecule has 0 N–H and O–H groups in total. The average Bonchev–Trinajstić information content (AvgIpc) is 2.16. The highest BCUT2D eigenvalue weighted by Gasteiger charge is 2.07. The summed E-state index contributed by atoms with van der Waals surface area (Å²) in [6, 6.07) is 1.83. The molecule has 2 rings (SSSR count). The number of halogens is 1. The van der Waals surface area contributed by atoms with Crippen LogP contribution < -0.4 is 0 Å². The summed E-state index contributed by atoms with van der Waals surface area (Å²) in [5.74, 6) is 0.338. The summed E-state index contributed by atoms with van der Waals surface area (Å²) < 4.78 is 0. The van der Waals surface area contributed by atoms with Gasteiger partial charge in [-0.3, -0.25) is 0 Å². The third kappa shape index (κ3) is 1.55. The lowest BCUT2D eigenvalue weighted by Gasteiger charge is -2.06. The van der Waals surface area contributed by atoms with Crippen molar-refractivity contribution < 1.29 is 0 Å². The van der Waals surface area contributed by atoms with E-state index in [-0.39, 0.29) is 0 Å². The SMILES string of the molecule is CC(C)c1nncc2cnc(Cl)cc12. The van der Waals surface area contributed by atoms with Crippen molar-refractivity contribution in [3.8, 4) is 0 Å². The predicted octanol–water partition coefficient (Wildman–Crippen LogP) is 2.80. The van der Waals surface area contributed by atoms with Crippen LogP contribution in [0.3, 0.4) is 0 Å². The maximum Gasteiger partial charge on any atom is 0.129 e. The van der Waals surface area contributed by atoms with Gasteiger partial charge in [0.15, 0.2) is 0 Å². The van der Waals surface area contributed by atoms with Gasteiger partial charge in [-0.25, -0.2) is 4.98 Å². The van der Waals surface area contributed by atoms with Crippen LogP contribution in [0.25, 0.3) is 10.8 Å². The summed E-state index contributed by atoms with van der Waals surface area (Å²) in [7, 11) is 0. The molecule has 2 heterocycles. The van der Waals surface area contributed by atoms with Gasteiger partial charge in [-0.05, 0) is 12.0 Å². The van der Waals surface area contributed by atoms with E-state index in [1.807, 2.05) is 6.07 Å². The molecule has 0 fully saturated rings. The molecule has 0 radical (unpaired) electrons. The van der Waals surface area contributed by atoms with Gasteiger partial charge in [-0.1, -0.05) is 25.4 Å². The predicted molar refractivity (Wildman–Crippen MR) is 56.4 cm³/mol. The standard InChI is InChI=1S/C10H10ClN3/c1-6(2)10-8-3-9(11)12-4-7(8)5-13-14-10/h3-6H,1-2H3. The molecule has 2 aromatic heterocycles. The Bertz CT molecular complexity index is 468. The van der Waals surface area contributed by atoms with Crippen LogP contribution in [0.2, 0.25) is 5.15 Å². The molecule has 0 aliphatic heterocycles. The van der Waals surface area contributed by atoms with Crippen molar-refractivity contribution in [2.24, 2.45) is 0 Å². The Morgan fingerprint density at radius 3 is 2.79 bits per heavy atom. The lowest BCUT2D eigenvalue weighted by Crippen LogP contribution is -1.96. The van der Waals surface area contributed by atoms with Crippen molar-refractivity contribution in [1.29, 1.82) is 0 Å². The number of fused-ring (bicyclic) bond motifs is 1. The van der Waals surface area contributed by atoms with E-state index in [1.54, 1.807) is 12.4 Å². The fourth-order valence-corrected chi connectivity index (χ4v) is 1.56. The second-order valence-electron chi connectivity index (χ2n) is 3.48. The van der Waals surface area contributed by atoms with Gasteiger partial charge in [-0.2, -0.15) is 10.2 Å². The molecule has 3 nitrogen and oxygen atoms in total. The summed E-state index contributed by atoms with van der Waals surface area (Å²) in [6.07, 6.45) is 3.42. The van der Waals surface area contributed by atoms with Gasteiger partial charge < -0.3 is 0 Å². The van der Waals surface area contributed by atoms with Gasteiger partial charge in [0.25, 0.3) is 0 Å². The topological polar surface area (TPSA) is 38.7 Å². The Hall–Kier alpha value is -1.22. The van der Waals surface area contributed by atoms with Crippen LogP contribution in [0.1, 0.15) is 25.5 Å². The quantitative estimate of drug-likeness (QED) is 0.675. The zero-order valence-corrected chi connectivity index (χ0v) is 8.78. The van der Waals surface area contributed by atoms with E-state index in [4.69, 9.17) is 11.6 Å². The average molecular weight is 208 g/mol. The second-order valence-corrected chi connectivity index (χ2v) is 3.87. The Morgan fingerprint density at radius 1 is 1.29 bits per heavy atom. The fourth-order valence-electron chi connectivity index (χ4n) is 1.40. The second kappa shape index (κ2) is 3.50. The summed E-state index contributed by atoms with van der Waals surface area (Å²) in [5, 5.41) is 10.6. The minimum absolute atomic E-state index is 0.338. The molecular weight excluding hydrogens is 198 g/mol. The molecule has 0 atom stereocenters. The molecule has 0 aliphatic carbocycles. The highest BCUT2D eigenvalue weighted by molar-refractivity contribution is 6.30. The van der Waals surface area contributed by atoms with Gasteiger partial charge in [0.2, 0.25) is 0 Å². The van der Waals surface area contributed by atoms with Crippen LogP contribution in [0.15, 0.2) is 18.5 Å². The molecule has 0 aromatic carbocycles. The Kier molecular flexibility index (Phi) is 2.33. The zero-order valence-electron chi connectivity index (χ0n) is 8.03. The van der Waals surface area contributed by atoms with Crippen molar-refractivity contribution in [3.63, 3.8) is 0 Å². The third-order valence-electron chi connectivity index (χ3n) is 2.09. The summed E-state index contributed by atoms with van der Waals surface area (Å²) >= 11 is 5.84. The molecule has 0 saturated carbocycles. The molecule has 0 spiro atoms. The highest BCUT2D eigenvalue weighted by atomic mass is 35.5. The third-order valence-corrected chi connectivity index (χ3v) is 2.29. The first-order valence-electron chi connectivity index (χ1n) is 4.45. The fraction of sp³-hybridized carbons (Fsp3) is 0.300. The monoisotopic (exact) mass is 207 g/mol. The molecule has 0 saturated heterocycles. The van der Waals surface area contributed by atoms with Crippen molar-refractivity contribution >= 4 is 22.4 Å². The normalized spacial score (nSPS) is 11.1. The van der Waals surface area contributed by atoms with Crippen LogP contribution in [-0.2, 0) is 0 Å². The largest absolute Gasteiger partial charge is 0.244 e. The summed E-state index contributed by atoms with van der Waals surface area (Å²) in [4.78, 5) is 4.01. The number of hydrogen-bond donors (Lipinski definition) is 0. The number of aromatic nitrogens is 3. The van der Waals surface area contributed by atoms with E-state index in [1.165, 1.54) is 0 Å². The van der Waals surface area contributed by atoms with Crippen LogP contribution in [0.4, 0.5) is 0 Å². The van der Waals surface area contributed by atoms with E-state index < -0.39 is 0 Å². The highest BCUT2D eigenvalue weighted by Crippen LogP contribution is 2.23. The Labute approximate surface area is 87.1 Å². The van der Waals surface area contributed by atoms with Gasteiger partial charge in [0.05, 0.1) is 11.9 Å². The van der Waals surface area contributed by atoms with Crippen molar-refractivity contribution in [2.75, 3.05) is 0 Å². The number of hydrogen-bond acceptors (Lipinski definition) is 3. The molecular formula is C10H10ClN3. The first-order valence-corrected chi connectivity index (χ1v) is 4.83. The summed E-state index contributed by atoms with van der Waals surface area (Å²) in [6.45, 7) is 4.16. The number of pyridine rings is 1. The number of rotatable bonds is 1. The molecule has 0 amide bonds. The molecule has 4 heteroatoms. The van der Waals surface area contributed by atoms with Crippen LogP contribution in [0.5, 0.6) is 0 Å². The van der Waals surface area contributed by atoms with Crippen molar-refractivity contribution in [1.82, 2.24) is 15.2 Å². The minimum Gasteiger partial charge on any atom is -0.244 e. The lowest BCUT2D eigenvalue weighted by molar-refractivity contribution is 0.799. The Morgan fingerprint density at radius 2 is 2.07 bits per heavy atom. The van der Waals surface area contributed by atoms with E-state index in [0.717, 1.165) is 16.5 Å². The zero-order chi connectivity index (χ0) is 10.1. The smallest absolute Gasteiger partial charge is 0.129 e. The molecule has 0 unspecified atom stereocenters. The van der Waals surface area contributed by atoms with E-state index in [2.05, 4.69) is 29.0 Å². The van der Waals surface area contributed by atoms with Gasteiger partial charge in [-0.15, -0.1) is 0 Å². The van der Waals surface area contributed by atoms with Gasteiger partial charge in [0.1, 0.15) is 5.15 Å².